The van der Waals surface area contributed by atoms with Crippen LogP contribution in [-0.2, 0) is 16.6 Å². The van der Waals surface area contributed by atoms with Crippen LogP contribution in [0.25, 0.3) is 0 Å². The van der Waals surface area contributed by atoms with Gasteiger partial charge in [0.15, 0.2) is 5.03 Å². The monoisotopic (exact) mass is 288 g/mol. The molecule has 0 unspecified atom stereocenters. The molecule has 7 heteroatoms. The van der Waals surface area contributed by atoms with E-state index in [-0.39, 0.29) is 5.03 Å². The van der Waals surface area contributed by atoms with E-state index in [1.807, 2.05) is 6.92 Å². The first-order valence-electron chi connectivity index (χ1n) is 6.84. The molecule has 1 heterocycles. The van der Waals surface area contributed by atoms with Gasteiger partial charge in [0.05, 0.1) is 6.20 Å². The Kier molecular flexibility index (Phi) is 7.04. The fourth-order valence-electron chi connectivity index (χ4n) is 1.75. The lowest BCUT2D eigenvalue weighted by Crippen LogP contribution is -2.26. The largest absolute Gasteiger partial charge is 0.313 e. The zero-order valence-electron chi connectivity index (χ0n) is 11.7. The topological polar surface area (TPSA) is 86.9 Å². The molecule has 0 saturated carbocycles. The van der Waals surface area contributed by atoms with Crippen LogP contribution in [0.15, 0.2) is 11.2 Å². The Morgan fingerprint density at radius 2 is 2.05 bits per heavy atom. The first kappa shape index (κ1) is 16.1. The van der Waals surface area contributed by atoms with E-state index in [0.29, 0.717) is 18.7 Å². The van der Waals surface area contributed by atoms with Crippen molar-refractivity contribution >= 4 is 10.0 Å². The number of unbranched alkanes of at least 4 members (excludes halogenated alkanes) is 3. The summed E-state index contributed by atoms with van der Waals surface area (Å²) in [6, 6.07) is 0. The van der Waals surface area contributed by atoms with E-state index < -0.39 is 10.0 Å². The molecule has 0 aliphatic carbocycles. The van der Waals surface area contributed by atoms with Gasteiger partial charge in [-0.3, -0.25) is 5.10 Å². The van der Waals surface area contributed by atoms with Crippen molar-refractivity contribution in [1.29, 1.82) is 0 Å². The Morgan fingerprint density at radius 3 is 2.74 bits per heavy atom. The number of aromatic amines is 1. The normalized spacial score (nSPS) is 11.9. The molecule has 0 amide bonds. The molecule has 110 valence electrons. The minimum Gasteiger partial charge on any atom is -0.313 e. The van der Waals surface area contributed by atoms with Crippen molar-refractivity contribution in [3.63, 3.8) is 0 Å². The van der Waals surface area contributed by atoms with Crippen molar-refractivity contribution in [1.82, 2.24) is 20.2 Å². The van der Waals surface area contributed by atoms with E-state index in [1.54, 1.807) is 6.20 Å². The second kappa shape index (κ2) is 8.29. The van der Waals surface area contributed by atoms with Gasteiger partial charge < -0.3 is 5.32 Å². The van der Waals surface area contributed by atoms with Gasteiger partial charge in [0.1, 0.15) is 0 Å². The average molecular weight is 288 g/mol. The van der Waals surface area contributed by atoms with Crippen LogP contribution in [0.5, 0.6) is 0 Å². The predicted molar refractivity (Wildman–Crippen MR) is 75.3 cm³/mol. The summed E-state index contributed by atoms with van der Waals surface area (Å²) in [7, 11) is -3.47. The highest BCUT2D eigenvalue weighted by Gasteiger charge is 2.19. The molecule has 6 nitrogen and oxygen atoms in total. The van der Waals surface area contributed by atoms with Gasteiger partial charge in [-0.2, -0.15) is 5.10 Å². The molecule has 0 atom stereocenters. The van der Waals surface area contributed by atoms with Gasteiger partial charge in [-0.1, -0.05) is 33.1 Å². The summed E-state index contributed by atoms with van der Waals surface area (Å²) in [4.78, 5) is 0. The number of H-pyrrole nitrogens is 1. The molecule has 0 bridgehead atoms. The fourth-order valence-corrected chi connectivity index (χ4v) is 2.95. The SMILES string of the molecule is CCCCCCNS(=O)(=O)c1[nH]ncc1CNCC. The van der Waals surface area contributed by atoms with Crippen LogP contribution >= 0.6 is 0 Å². The fraction of sp³-hybridized carbons (Fsp3) is 0.750. The molecular weight excluding hydrogens is 264 g/mol. The number of sulfonamides is 1. The summed E-state index contributed by atoms with van der Waals surface area (Å²) < 4.78 is 26.8. The highest BCUT2D eigenvalue weighted by molar-refractivity contribution is 7.89. The Hall–Kier alpha value is -0.920. The molecule has 3 N–H and O–H groups in total. The number of nitrogens with zero attached hydrogens (tertiary/aromatic N) is 1. The molecule has 1 aromatic heterocycles. The Balaban J connectivity index is 2.54. The van der Waals surface area contributed by atoms with E-state index in [4.69, 9.17) is 0 Å². The molecule has 0 fully saturated rings. The average Bonchev–Trinajstić information content (AvgIpc) is 2.85. The zero-order chi connectivity index (χ0) is 14.1. The summed E-state index contributed by atoms with van der Waals surface area (Å²) in [5, 5.41) is 9.65. The zero-order valence-corrected chi connectivity index (χ0v) is 12.5. The first-order chi connectivity index (χ1) is 9.11. The molecule has 0 aliphatic rings. The first-order valence-corrected chi connectivity index (χ1v) is 8.32. The number of hydrogen-bond donors (Lipinski definition) is 3. The summed E-state index contributed by atoms with van der Waals surface area (Å²) in [5.74, 6) is 0. The maximum Gasteiger partial charge on any atom is 0.257 e. The molecule has 0 aromatic carbocycles. The summed E-state index contributed by atoms with van der Waals surface area (Å²) in [5.41, 5.74) is 0.669. The van der Waals surface area contributed by atoms with Crippen molar-refractivity contribution in [3.8, 4) is 0 Å². The summed E-state index contributed by atoms with van der Waals surface area (Å²) >= 11 is 0. The maximum absolute atomic E-state index is 12.1. The van der Waals surface area contributed by atoms with Crippen molar-refractivity contribution in [3.05, 3.63) is 11.8 Å². The minimum absolute atomic E-state index is 0.170. The van der Waals surface area contributed by atoms with E-state index in [0.717, 1.165) is 32.2 Å². The van der Waals surface area contributed by atoms with Crippen LogP contribution in [-0.4, -0.2) is 31.7 Å². The van der Waals surface area contributed by atoms with Gasteiger partial charge in [-0.05, 0) is 13.0 Å². The third-order valence-corrected chi connectivity index (χ3v) is 4.31. The lowest BCUT2D eigenvalue weighted by atomic mass is 10.2. The van der Waals surface area contributed by atoms with Crippen molar-refractivity contribution < 1.29 is 8.42 Å². The molecule has 0 spiro atoms. The molecular formula is C12H24N4O2S. The molecule has 1 aromatic rings. The smallest absolute Gasteiger partial charge is 0.257 e. The molecule has 1 rings (SSSR count). The van der Waals surface area contributed by atoms with Crippen molar-refractivity contribution in [2.75, 3.05) is 13.1 Å². The highest BCUT2D eigenvalue weighted by Crippen LogP contribution is 2.11. The van der Waals surface area contributed by atoms with E-state index in [1.165, 1.54) is 0 Å². The van der Waals surface area contributed by atoms with Crippen molar-refractivity contribution in [2.24, 2.45) is 0 Å². The Morgan fingerprint density at radius 1 is 1.26 bits per heavy atom. The highest BCUT2D eigenvalue weighted by atomic mass is 32.2. The lowest BCUT2D eigenvalue weighted by molar-refractivity contribution is 0.567. The maximum atomic E-state index is 12.1. The minimum atomic E-state index is -3.47. The van der Waals surface area contributed by atoms with Gasteiger partial charge in [0.25, 0.3) is 10.0 Å². The van der Waals surface area contributed by atoms with Crippen LogP contribution in [0.4, 0.5) is 0 Å². The molecule has 0 radical (unpaired) electrons. The van der Waals surface area contributed by atoms with Crippen molar-refractivity contribution in [2.45, 2.75) is 51.1 Å². The van der Waals surface area contributed by atoms with Gasteiger partial charge in [-0.25, -0.2) is 13.1 Å². The molecule has 0 aliphatic heterocycles. The number of aromatic nitrogens is 2. The van der Waals surface area contributed by atoms with Gasteiger partial charge in [0.2, 0.25) is 0 Å². The third kappa shape index (κ3) is 5.30. The Labute approximate surface area is 115 Å². The van der Waals surface area contributed by atoms with E-state index in [9.17, 15) is 8.42 Å². The molecule has 19 heavy (non-hydrogen) atoms. The summed E-state index contributed by atoms with van der Waals surface area (Å²) in [6.45, 7) is 5.86. The quantitative estimate of drug-likeness (QED) is 0.568. The van der Waals surface area contributed by atoms with Gasteiger partial charge >= 0.3 is 0 Å². The number of hydrogen-bond acceptors (Lipinski definition) is 4. The van der Waals surface area contributed by atoms with Crippen LogP contribution in [0, 0.1) is 0 Å². The second-order valence-electron chi connectivity index (χ2n) is 4.46. The standard InChI is InChI=1S/C12H24N4O2S/c1-3-5-6-7-8-15-19(17,18)12-11(9-13-4-2)10-14-16-12/h10,13,15H,3-9H2,1-2H3,(H,14,16). The van der Waals surface area contributed by atoms with E-state index >= 15 is 0 Å². The van der Waals surface area contributed by atoms with Crippen LogP contribution in [0.1, 0.15) is 45.1 Å². The van der Waals surface area contributed by atoms with Gasteiger partial charge in [-0.15, -0.1) is 0 Å². The van der Waals surface area contributed by atoms with E-state index in [2.05, 4.69) is 27.2 Å². The van der Waals surface area contributed by atoms with Crippen LogP contribution < -0.4 is 10.0 Å². The second-order valence-corrected chi connectivity index (χ2v) is 6.17. The van der Waals surface area contributed by atoms with Gasteiger partial charge in [0, 0.05) is 18.7 Å². The predicted octanol–water partition coefficient (Wildman–Crippen LogP) is 1.38. The lowest BCUT2D eigenvalue weighted by Gasteiger charge is -2.07. The summed E-state index contributed by atoms with van der Waals surface area (Å²) in [6.07, 6.45) is 5.74. The molecule has 0 saturated heterocycles. The van der Waals surface area contributed by atoms with Crippen LogP contribution in [0.3, 0.4) is 0 Å². The Bertz CT molecular complexity index is 456. The third-order valence-electron chi connectivity index (χ3n) is 2.83. The number of nitrogens with one attached hydrogen (secondary N) is 3. The number of rotatable bonds is 10. The van der Waals surface area contributed by atoms with Crippen LogP contribution in [0.2, 0.25) is 0 Å².